The Morgan fingerprint density at radius 2 is 1.85 bits per heavy atom. The van der Waals surface area contributed by atoms with E-state index in [0.29, 0.717) is 29.4 Å². The molecule has 3 aromatic rings. The number of rotatable bonds is 1. The molecular weight excluding hydrogens is 450 g/mol. The van der Waals surface area contributed by atoms with Crippen molar-refractivity contribution in [3.05, 3.63) is 68.7 Å². The number of amides is 1. The predicted molar refractivity (Wildman–Crippen MR) is 134 cm³/mol. The number of aromatic nitrogens is 2. The van der Waals surface area contributed by atoms with Crippen molar-refractivity contribution in [2.75, 3.05) is 13.1 Å². The smallest absolute Gasteiger partial charge is 0.410 e. The maximum absolute atomic E-state index is 12.8. The zero-order valence-electron chi connectivity index (χ0n) is 20.3. The average Bonchev–Trinajstić information content (AvgIpc) is 2.99. The number of hydrogen-bond donors (Lipinski definition) is 0. The summed E-state index contributed by atoms with van der Waals surface area (Å²) >= 11 is 6.37. The van der Waals surface area contributed by atoms with Crippen LogP contribution >= 0.6 is 11.6 Å². The highest BCUT2D eigenvalue weighted by molar-refractivity contribution is 6.35. The van der Waals surface area contributed by atoms with E-state index in [-0.39, 0.29) is 11.7 Å². The standard InChI is InChI=1S/C27H30ClN3O3/c1-26(2,3)34-25(33)30-13-11-16(12-14-30)17-9-10-20-18(15-17)27(4,5)24-29-23(32)22-19(28)7-6-8-21(22)31(20)24/h6-10,15-16H,11-14H2,1-5H3. The number of piperidine rings is 1. The van der Waals surface area contributed by atoms with Crippen LogP contribution in [0.3, 0.4) is 0 Å². The summed E-state index contributed by atoms with van der Waals surface area (Å²) in [5, 5.41) is 0.875. The minimum absolute atomic E-state index is 0.238. The summed E-state index contributed by atoms with van der Waals surface area (Å²) in [6.07, 6.45) is 1.54. The third kappa shape index (κ3) is 3.68. The van der Waals surface area contributed by atoms with Gasteiger partial charge in [-0.1, -0.05) is 29.8 Å². The molecule has 0 atom stereocenters. The lowest BCUT2D eigenvalue weighted by Crippen LogP contribution is -2.41. The molecule has 1 saturated heterocycles. The van der Waals surface area contributed by atoms with Gasteiger partial charge in [0.15, 0.2) is 0 Å². The van der Waals surface area contributed by atoms with Crippen LogP contribution in [0.25, 0.3) is 16.6 Å². The summed E-state index contributed by atoms with van der Waals surface area (Å²) in [5.74, 6) is 1.10. The first-order valence-electron chi connectivity index (χ1n) is 11.8. The van der Waals surface area contributed by atoms with Gasteiger partial charge in [-0.05, 0) is 82.7 Å². The normalized spacial score (nSPS) is 17.5. The zero-order chi connectivity index (χ0) is 24.4. The molecule has 1 amide bonds. The van der Waals surface area contributed by atoms with Crippen molar-refractivity contribution in [1.82, 2.24) is 14.5 Å². The average molecular weight is 480 g/mol. The molecular formula is C27H30ClN3O3. The maximum Gasteiger partial charge on any atom is 0.410 e. The Morgan fingerprint density at radius 3 is 2.53 bits per heavy atom. The van der Waals surface area contributed by atoms with Crippen molar-refractivity contribution in [1.29, 1.82) is 0 Å². The molecule has 6 nitrogen and oxygen atoms in total. The Bertz CT molecular complexity index is 1360. The van der Waals surface area contributed by atoms with Crippen molar-refractivity contribution in [3.63, 3.8) is 0 Å². The van der Waals surface area contributed by atoms with E-state index in [9.17, 15) is 9.59 Å². The lowest BCUT2D eigenvalue weighted by molar-refractivity contribution is 0.0205. The van der Waals surface area contributed by atoms with Gasteiger partial charge in [0.25, 0.3) is 5.56 Å². The van der Waals surface area contributed by atoms with Crippen LogP contribution in [-0.4, -0.2) is 39.2 Å². The molecule has 2 aromatic carbocycles. The fourth-order valence-electron chi connectivity index (χ4n) is 5.24. The molecule has 0 saturated carbocycles. The molecule has 0 spiro atoms. The lowest BCUT2D eigenvalue weighted by Gasteiger charge is -2.34. The number of hydrogen-bond acceptors (Lipinski definition) is 4. The van der Waals surface area contributed by atoms with Gasteiger partial charge in [0.2, 0.25) is 0 Å². The van der Waals surface area contributed by atoms with Gasteiger partial charge < -0.3 is 9.64 Å². The first-order valence-corrected chi connectivity index (χ1v) is 12.2. The highest BCUT2D eigenvalue weighted by atomic mass is 35.5. The zero-order valence-corrected chi connectivity index (χ0v) is 21.1. The van der Waals surface area contributed by atoms with Crippen LogP contribution in [0.2, 0.25) is 5.02 Å². The first-order chi connectivity index (χ1) is 16.0. The SMILES string of the molecule is CC(C)(C)OC(=O)N1CCC(c2ccc3c(c2)C(C)(C)c2nc(=O)c4c(Cl)cccc4n2-3)CC1. The Hall–Kier alpha value is -2.86. The maximum atomic E-state index is 12.8. The molecule has 178 valence electrons. The van der Waals surface area contributed by atoms with Crippen LogP contribution in [0.15, 0.2) is 41.2 Å². The number of carbonyl (C=O) groups is 1. The Labute approximate surface area is 204 Å². The van der Waals surface area contributed by atoms with E-state index in [1.807, 2.05) is 32.9 Å². The van der Waals surface area contributed by atoms with Crippen molar-refractivity contribution in [2.24, 2.45) is 0 Å². The summed E-state index contributed by atoms with van der Waals surface area (Å²) in [7, 11) is 0. The summed E-state index contributed by atoms with van der Waals surface area (Å²) in [5.41, 5.74) is 3.04. The number of ether oxygens (including phenoxy) is 1. The van der Waals surface area contributed by atoms with E-state index < -0.39 is 11.0 Å². The van der Waals surface area contributed by atoms with Crippen LogP contribution in [-0.2, 0) is 10.2 Å². The molecule has 0 bridgehead atoms. The summed E-state index contributed by atoms with van der Waals surface area (Å²) < 4.78 is 7.61. The van der Waals surface area contributed by atoms with E-state index in [1.165, 1.54) is 5.56 Å². The predicted octanol–water partition coefficient (Wildman–Crippen LogP) is 5.79. The van der Waals surface area contributed by atoms with Crippen molar-refractivity contribution in [2.45, 2.75) is 64.4 Å². The van der Waals surface area contributed by atoms with E-state index in [0.717, 1.165) is 35.4 Å². The van der Waals surface area contributed by atoms with Gasteiger partial charge in [-0.2, -0.15) is 4.98 Å². The second-order valence-corrected chi connectivity index (χ2v) is 11.3. The summed E-state index contributed by atoms with van der Waals surface area (Å²) in [6, 6.07) is 12.1. The van der Waals surface area contributed by atoms with Crippen LogP contribution in [0, 0.1) is 0 Å². The molecule has 7 heteroatoms. The van der Waals surface area contributed by atoms with Gasteiger partial charge in [-0.15, -0.1) is 0 Å². The molecule has 0 N–H and O–H groups in total. The largest absolute Gasteiger partial charge is 0.444 e. The van der Waals surface area contributed by atoms with E-state index in [4.69, 9.17) is 16.3 Å². The minimum Gasteiger partial charge on any atom is -0.444 e. The van der Waals surface area contributed by atoms with Gasteiger partial charge in [-0.3, -0.25) is 9.36 Å². The van der Waals surface area contributed by atoms with E-state index in [2.05, 4.69) is 41.6 Å². The fourth-order valence-corrected chi connectivity index (χ4v) is 5.49. The molecule has 0 aliphatic carbocycles. The van der Waals surface area contributed by atoms with Gasteiger partial charge in [0.05, 0.1) is 27.0 Å². The van der Waals surface area contributed by atoms with Crippen LogP contribution < -0.4 is 5.56 Å². The third-order valence-corrected chi connectivity index (χ3v) is 7.29. The number of benzene rings is 2. The second-order valence-electron chi connectivity index (χ2n) is 10.9. The molecule has 34 heavy (non-hydrogen) atoms. The Balaban J connectivity index is 1.47. The quantitative estimate of drug-likeness (QED) is 0.443. The second kappa shape index (κ2) is 7.84. The molecule has 3 heterocycles. The number of halogens is 1. The van der Waals surface area contributed by atoms with E-state index >= 15 is 0 Å². The van der Waals surface area contributed by atoms with Crippen molar-refractivity contribution >= 4 is 28.6 Å². The highest BCUT2D eigenvalue weighted by Gasteiger charge is 2.39. The summed E-state index contributed by atoms with van der Waals surface area (Å²) in [4.78, 5) is 31.6. The van der Waals surface area contributed by atoms with Crippen LogP contribution in [0.5, 0.6) is 0 Å². The summed E-state index contributed by atoms with van der Waals surface area (Å²) in [6.45, 7) is 11.3. The van der Waals surface area contributed by atoms with Gasteiger partial charge in [0.1, 0.15) is 11.4 Å². The first kappa shape index (κ1) is 22.9. The van der Waals surface area contributed by atoms with Crippen molar-refractivity contribution < 1.29 is 9.53 Å². The van der Waals surface area contributed by atoms with Gasteiger partial charge in [0, 0.05) is 13.1 Å². The molecule has 0 unspecified atom stereocenters. The van der Waals surface area contributed by atoms with Gasteiger partial charge >= 0.3 is 6.09 Å². The lowest BCUT2D eigenvalue weighted by atomic mass is 9.81. The highest BCUT2D eigenvalue weighted by Crippen LogP contribution is 2.44. The molecule has 2 aliphatic heterocycles. The molecule has 2 aliphatic rings. The number of likely N-dealkylation sites (tertiary alicyclic amines) is 1. The minimum atomic E-state index is -0.488. The number of fused-ring (bicyclic) bond motifs is 5. The van der Waals surface area contributed by atoms with E-state index in [1.54, 1.807) is 11.0 Å². The number of carbonyl (C=O) groups excluding carboxylic acids is 1. The topological polar surface area (TPSA) is 64.4 Å². The third-order valence-electron chi connectivity index (χ3n) is 6.98. The van der Waals surface area contributed by atoms with Gasteiger partial charge in [-0.25, -0.2) is 4.79 Å². The Kier molecular flexibility index (Phi) is 5.28. The molecule has 1 fully saturated rings. The van der Waals surface area contributed by atoms with Crippen LogP contribution in [0.4, 0.5) is 4.79 Å². The molecule has 0 radical (unpaired) electrons. The van der Waals surface area contributed by atoms with Crippen molar-refractivity contribution in [3.8, 4) is 5.69 Å². The molecule has 1 aromatic heterocycles. The Morgan fingerprint density at radius 1 is 1.15 bits per heavy atom. The fraction of sp³-hybridized carbons (Fsp3) is 0.444. The molecule has 5 rings (SSSR count). The van der Waals surface area contributed by atoms with Crippen LogP contribution in [0.1, 0.15) is 70.3 Å². The monoisotopic (exact) mass is 479 g/mol. The number of nitrogens with zero attached hydrogens (tertiary/aromatic N) is 3.